The predicted octanol–water partition coefficient (Wildman–Crippen LogP) is 4.37. The molecule has 4 rings (SSSR count). The molecule has 3 aromatic rings. The maximum Gasteiger partial charge on any atom is 0.339 e. The molecule has 0 aliphatic carbocycles. The molecule has 0 N–H and O–H groups in total. The Morgan fingerprint density at radius 3 is 2.56 bits per heavy atom. The van der Waals surface area contributed by atoms with Gasteiger partial charge in [-0.2, -0.15) is 11.8 Å². The van der Waals surface area contributed by atoms with Crippen molar-refractivity contribution in [2.24, 2.45) is 0 Å². The maximum absolute atomic E-state index is 13.2. The molecule has 1 saturated heterocycles. The fourth-order valence-electron chi connectivity index (χ4n) is 4.17. The quantitative estimate of drug-likeness (QED) is 0.517. The zero-order valence-electron chi connectivity index (χ0n) is 18.6. The van der Waals surface area contributed by atoms with Crippen molar-refractivity contribution in [3.8, 4) is 11.5 Å². The summed E-state index contributed by atoms with van der Waals surface area (Å²) in [7, 11) is 3.22. The number of carbonyl (C=O) groups is 1. The number of hydrogen-bond acceptors (Lipinski definition) is 6. The van der Waals surface area contributed by atoms with Crippen LogP contribution in [0.15, 0.2) is 51.7 Å². The van der Waals surface area contributed by atoms with Crippen LogP contribution >= 0.6 is 11.8 Å². The second-order valence-corrected chi connectivity index (χ2v) is 8.96. The highest BCUT2D eigenvalue weighted by molar-refractivity contribution is 7.99. The molecule has 1 atom stereocenters. The van der Waals surface area contributed by atoms with Crippen LogP contribution < -0.4 is 15.1 Å². The first kappa shape index (κ1) is 22.3. The zero-order chi connectivity index (χ0) is 22.7. The molecule has 0 saturated carbocycles. The van der Waals surface area contributed by atoms with Gasteiger partial charge in [0.1, 0.15) is 17.1 Å². The lowest BCUT2D eigenvalue weighted by molar-refractivity contribution is -0.133. The molecule has 1 aliphatic rings. The Kier molecular flexibility index (Phi) is 6.74. The Hall–Kier alpha value is -2.93. The molecule has 0 unspecified atom stereocenters. The first-order valence-corrected chi connectivity index (χ1v) is 11.8. The Balaban J connectivity index is 1.53. The number of rotatable bonds is 6. The standard InChI is InChI=1S/C25H27NO5S/c1-16-20-9-8-19(30-3)14-23(20)31-25(28)21(16)10-11-24(27)26-12-13-32-15-22(26)17-4-6-18(29-2)7-5-17/h4-9,14,22H,10-13,15H2,1-3H3/t22-/m1/s1. The van der Waals surface area contributed by atoms with Gasteiger partial charge in [-0.25, -0.2) is 4.79 Å². The van der Waals surface area contributed by atoms with Crippen molar-refractivity contribution < 1.29 is 18.7 Å². The molecule has 1 amide bonds. The van der Waals surface area contributed by atoms with Gasteiger partial charge in [0, 0.05) is 41.5 Å². The van der Waals surface area contributed by atoms with Crippen LogP contribution in [0.5, 0.6) is 11.5 Å². The molecular weight excluding hydrogens is 426 g/mol. The van der Waals surface area contributed by atoms with Crippen LogP contribution in [0.4, 0.5) is 0 Å². The molecule has 7 heteroatoms. The van der Waals surface area contributed by atoms with E-state index in [2.05, 4.69) is 0 Å². The van der Waals surface area contributed by atoms with E-state index in [0.29, 0.717) is 29.9 Å². The summed E-state index contributed by atoms with van der Waals surface area (Å²) < 4.78 is 16.0. The summed E-state index contributed by atoms with van der Waals surface area (Å²) in [5.41, 5.74) is 2.62. The van der Waals surface area contributed by atoms with Crippen molar-refractivity contribution in [2.75, 3.05) is 32.3 Å². The summed E-state index contributed by atoms with van der Waals surface area (Å²) in [5.74, 6) is 3.26. The van der Waals surface area contributed by atoms with Gasteiger partial charge in [0.15, 0.2) is 0 Å². The molecule has 0 radical (unpaired) electrons. The number of aryl methyl sites for hydroxylation is 1. The highest BCUT2D eigenvalue weighted by Gasteiger charge is 2.28. The molecule has 1 fully saturated rings. The number of benzene rings is 2. The van der Waals surface area contributed by atoms with E-state index in [4.69, 9.17) is 13.9 Å². The lowest BCUT2D eigenvalue weighted by atomic mass is 10.0. The number of thioether (sulfide) groups is 1. The van der Waals surface area contributed by atoms with Gasteiger partial charge in [0.05, 0.1) is 20.3 Å². The van der Waals surface area contributed by atoms with E-state index in [1.54, 1.807) is 20.3 Å². The third kappa shape index (κ3) is 4.48. The Morgan fingerprint density at radius 1 is 1.12 bits per heavy atom. The fourth-order valence-corrected chi connectivity index (χ4v) is 5.26. The smallest absolute Gasteiger partial charge is 0.339 e. The Bertz CT molecular complexity index is 1170. The first-order valence-electron chi connectivity index (χ1n) is 10.6. The van der Waals surface area contributed by atoms with Crippen molar-refractivity contribution >= 4 is 28.6 Å². The normalized spacial score (nSPS) is 16.2. The van der Waals surface area contributed by atoms with E-state index in [1.807, 2.05) is 60.0 Å². The number of hydrogen-bond donors (Lipinski definition) is 0. The van der Waals surface area contributed by atoms with Crippen molar-refractivity contribution in [3.63, 3.8) is 0 Å². The summed E-state index contributed by atoms with van der Waals surface area (Å²) in [6, 6.07) is 13.4. The summed E-state index contributed by atoms with van der Waals surface area (Å²) in [6.07, 6.45) is 0.624. The Morgan fingerprint density at radius 2 is 1.84 bits per heavy atom. The number of nitrogens with zero attached hydrogens (tertiary/aromatic N) is 1. The molecule has 168 valence electrons. The lowest BCUT2D eigenvalue weighted by Gasteiger charge is -2.36. The van der Waals surface area contributed by atoms with E-state index >= 15 is 0 Å². The SMILES string of the molecule is COc1ccc([C@H]2CSCCN2C(=O)CCc2c(C)c3ccc(OC)cc3oc2=O)cc1. The minimum atomic E-state index is -0.392. The van der Waals surface area contributed by atoms with E-state index in [-0.39, 0.29) is 18.4 Å². The maximum atomic E-state index is 13.2. The highest BCUT2D eigenvalue weighted by Crippen LogP contribution is 2.31. The van der Waals surface area contributed by atoms with Crippen LogP contribution in [0.25, 0.3) is 11.0 Å². The number of fused-ring (bicyclic) bond motifs is 1. The van der Waals surface area contributed by atoms with Crippen LogP contribution in [-0.4, -0.2) is 43.1 Å². The average Bonchev–Trinajstić information content (AvgIpc) is 2.83. The van der Waals surface area contributed by atoms with Gasteiger partial charge in [-0.3, -0.25) is 4.79 Å². The third-order valence-corrected chi connectivity index (χ3v) is 7.06. The fraction of sp³-hybridized carbons (Fsp3) is 0.360. The minimum Gasteiger partial charge on any atom is -0.497 e. The van der Waals surface area contributed by atoms with Gasteiger partial charge in [0.2, 0.25) is 5.91 Å². The topological polar surface area (TPSA) is 69.0 Å². The second kappa shape index (κ2) is 9.69. The van der Waals surface area contributed by atoms with Crippen LogP contribution in [0.1, 0.15) is 29.2 Å². The van der Waals surface area contributed by atoms with E-state index in [0.717, 1.165) is 33.8 Å². The summed E-state index contributed by atoms with van der Waals surface area (Å²) >= 11 is 1.85. The van der Waals surface area contributed by atoms with E-state index < -0.39 is 5.63 Å². The predicted molar refractivity (Wildman–Crippen MR) is 127 cm³/mol. The first-order chi connectivity index (χ1) is 15.5. The lowest BCUT2D eigenvalue weighted by Crippen LogP contribution is -2.41. The van der Waals surface area contributed by atoms with Gasteiger partial charge < -0.3 is 18.8 Å². The van der Waals surface area contributed by atoms with Gasteiger partial charge in [-0.15, -0.1) is 0 Å². The van der Waals surface area contributed by atoms with Crippen LogP contribution in [-0.2, 0) is 11.2 Å². The molecule has 2 aromatic carbocycles. The molecule has 0 spiro atoms. The van der Waals surface area contributed by atoms with E-state index in [9.17, 15) is 9.59 Å². The molecule has 2 heterocycles. The largest absolute Gasteiger partial charge is 0.497 e. The molecule has 32 heavy (non-hydrogen) atoms. The molecule has 1 aromatic heterocycles. The van der Waals surface area contributed by atoms with Crippen LogP contribution in [0.2, 0.25) is 0 Å². The van der Waals surface area contributed by atoms with Gasteiger partial charge >= 0.3 is 5.63 Å². The highest BCUT2D eigenvalue weighted by atomic mass is 32.2. The van der Waals surface area contributed by atoms with Crippen molar-refractivity contribution in [1.29, 1.82) is 0 Å². The number of methoxy groups -OCH3 is 2. The zero-order valence-corrected chi connectivity index (χ0v) is 19.4. The third-order valence-electron chi connectivity index (χ3n) is 6.03. The molecule has 0 bridgehead atoms. The molecular formula is C25H27NO5S. The van der Waals surface area contributed by atoms with Crippen molar-refractivity contribution in [1.82, 2.24) is 4.90 Å². The summed E-state index contributed by atoms with van der Waals surface area (Å²) in [4.78, 5) is 27.8. The van der Waals surface area contributed by atoms with Gasteiger partial charge in [0.25, 0.3) is 0 Å². The molecule has 6 nitrogen and oxygen atoms in total. The van der Waals surface area contributed by atoms with Gasteiger partial charge in [-0.05, 0) is 48.7 Å². The van der Waals surface area contributed by atoms with Crippen LogP contribution in [0, 0.1) is 6.92 Å². The average molecular weight is 454 g/mol. The van der Waals surface area contributed by atoms with Crippen molar-refractivity contribution in [3.05, 3.63) is 69.6 Å². The second-order valence-electron chi connectivity index (χ2n) is 7.81. The number of carbonyl (C=O) groups excluding carboxylic acids is 1. The Labute approximate surface area is 191 Å². The monoisotopic (exact) mass is 453 g/mol. The summed E-state index contributed by atoms with van der Waals surface area (Å²) in [6.45, 7) is 2.61. The molecule has 1 aliphatic heterocycles. The van der Waals surface area contributed by atoms with Gasteiger partial charge in [-0.1, -0.05) is 12.1 Å². The van der Waals surface area contributed by atoms with Crippen molar-refractivity contribution in [2.45, 2.75) is 25.8 Å². The minimum absolute atomic E-state index is 0.0220. The summed E-state index contributed by atoms with van der Waals surface area (Å²) in [5, 5.41) is 0.860. The van der Waals surface area contributed by atoms with E-state index in [1.165, 1.54) is 0 Å². The number of amides is 1. The number of ether oxygens (including phenoxy) is 2. The van der Waals surface area contributed by atoms with Crippen LogP contribution in [0.3, 0.4) is 0 Å².